The molecule has 0 bridgehead atoms. The normalized spacial score (nSPS) is 19.3. The van der Waals surface area contributed by atoms with E-state index < -0.39 is 0 Å². The molecule has 0 aliphatic heterocycles. The van der Waals surface area contributed by atoms with Crippen LogP contribution in [0.2, 0.25) is 0 Å². The number of imidazole rings is 1. The van der Waals surface area contributed by atoms with Gasteiger partial charge in [-0.15, -0.1) is 0 Å². The van der Waals surface area contributed by atoms with E-state index in [0.717, 1.165) is 42.0 Å². The highest BCUT2D eigenvalue weighted by Crippen LogP contribution is 2.27. The van der Waals surface area contributed by atoms with E-state index in [0.29, 0.717) is 18.9 Å². The van der Waals surface area contributed by atoms with Gasteiger partial charge in [0.2, 0.25) is 5.91 Å². The molecule has 2 atom stereocenters. The number of hydrogen-bond donors (Lipinski definition) is 2. The van der Waals surface area contributed by atoms with Crippen molar-refractivity contribution in [2.75, 3.05) is 5.32 Å². The topological polar surface area (TPSA) is 81.7 Å². The lowest BCUT2D eigenvalue weighted by Gasteiger charge is -2.15. The highest BCUT2D eigenvalue weighted by molar-refractivity contribution is 5.90. The summed E-state index contributed by atoms with van der Waals surface area (Å²) in [5.74, 6) is 1.07. The zero-order valence-electron chi connectivity index (χ0n) is 15.2. The second kappa shape index (κ2) is 7.80. The number of amides is 1. The number of nitrogens with zero attached hydrogens (tertiary/aromatic N) is 2. The smallest absolute Gasteiger partial charge is 0.224 e. The molecule has 27 heavy (non-hydrogen) atoms. The Morgan fingerprint density at radius 3 is 2.81 bits per heavy atom. The fourth-order valence-corrected chi connectivity index (χ4v) is 3.62. The molecule has 2 heterocycles. The Morgan fingerprint density at radius 2 is 2.07 bits per heavy atom. The quantitative estimate of drug-likeness (QED) is 0.703. The maximum Gasteiger partial charge on any atom is 0.224 e. The molecule has 1 fully saturated rings. The molecule has 1 aromatic carbocycles. The number of nitrogens with one attached hydrogen (secondary N) is 1. The SMILES string of the molecule is N[C@@H]1CCC[C@H]1CC(=O)Nc1ccc(OCc2cn3ccccc3n2)cc1. The summed E-state index contributed by atoms with van der Waals surface area (Å²) in [6, 6.07) is 13.5. The van der Waals surface area contributed by atoms with Crippen LogP contribution in [0.1, 0.15) is 31.4 Å². The number of hydrogen-bond acceptors (Lipinski definition) is 4. The van der Waals surface area contributed by atoms with Crippen LogP contribution < -0.4 is 15.8 Å². The highest BCUT2D eigenvalue weighted by atomic mass is 16.5. The third-order valence-corrected chi connectivity index (χ3v) is 5.10. The maximum absolute atomic E-state index is 12.2. The summed E-state index contributed by atoms with van der Waals surface area (Å²) < 4.78 is 7.76. The average Bonchev–Trinajstić information content (AvgIpc) is 3.27. The van der Waals surface area contributed by atoms with Crippen molar-refractivity contribution in [2.24, 2.45) is 11.7 Å². The van der Waals surface area contributed by atoms with Crippen molar-refractivity contribution >= 4 is 17.2 Å². The van der Waals surface area contributed by atoms with E-state index in [1.807, 2.05) is 59.3 Å². The summed E-state index contributed by atoms with van der Waals surface area (Å²) in [7, 11) is 0. The number of nitrogens with two attached hydrogens (primary N) is 1. The van der Waals surface area contributed by atoms with Crippen LogP contribution in [-0.2, 0) is 11.4 Å². The Labute approximate surface area is 158 Å². The Kier molecular flexibility index (Phi) is 5.07. The van der Waals surface area contributed by atoms with E-state index in [2.05, 4.69) is 10.3 Å². The molecule has 140 valence electrons. The predicted octanol–water partition coefficient (Wildman–Crippen LogP) is 3.37. The van der Waals surface area contributed by atoms with Crippen molar-refractivity contribution in [1.29, 1.82) is 0 Å². The van der Waals surface area contributed by atoms with E-state index in [9.17, 15) is 4.79 Å². The number of carbonyl (C=O) groups excluding carboxylic acids is 1. The summed E-state index contributed by atoms with van der Waals surface area (Å²) in [6.45, 7) is 0.396. The van der Waals surface area contributed by atoms with Crippen LogP contribution in [0.5, 0.6) is 5.75 Å². The van der Waals surface area contributed by atoms with Crippen molar-refractivity contribution in [3.63, 3.8) is 0 Å². The van der Waals surface area contributed by atoms with Crippen LogP contribution in [0.15, 0.2) is 54.9 Å². The van der Waals surface area contributed by atoms with Gasteiger partial charge in [-0.3, -0.25) is 4.79 Å². The van der Waals surface area contributed by atoms with Gasteiger partial charge in [0.05, 0.1) is 5.69 Å². The third-order valence-electron chi connectivity index (χ3n) is 5.10. The molecule has 6 heteroatoms. The molecule has 0 saturated heterocycles. The highest BCUT2D eigenvalue weighted by Gasteiger charge is 2.25. The van der Waals surface area contributed by atoms with Gasteiger partial charge in [0.25, 0.3) is 0 Å². The van der Waals surface area contributed by atoms with Gasteiger partial charge in [-0.2, -0.15) is 0 Å². The van der Waals surface area contributed by atoms with Crippen LogP contribution in [-0.4, -0.2) is 21.3 Å². The Bertz CT molecular complexity index is 886. The first kappa shape index (κ1) is 17.5. The fourth-order valence-electron chi connectivity index (χ4n) is 3.62. The molecule has 0 unspecified atom stereocenters. The van der Waals surface area contributed by atoms with Crippen LogP contribution in [0, 0.1) is 5.92 Å². The number of pyridine rings is 1. The molecule has 3 N–H and O–H groups in total. The molecular formula is C21H24N4O2. The van der Waals surface area contributed by atoms with Gasteiger partial charge in [-0.1, -0.05) is 12.5 Å². The minimum atomic E-state index is 0.0238. The summed E-state index contributed by atoms with van der Waals surface area (Å²) in [5.41, 5.74) is 8.58. The van der Waals surface area contributed by atoms with Crippen LogP contribution in [0.25, 0.3) is 5.65 Å². The summed E-state index contributed by atoms with van der Waals surface area (Å²) >= 11 is 0. The second-order valence-electron chi connectivity index (χ2n) is 7.12. The summed E-state index contributed by atoms with van der Waals surface area (Å²) in [4.78, 5) is 16.7. The molecule has 1 aliphatic rings. The van der Waals surface area contributed by atoms with Gasteiger partial charge < -0.3 is 20.2 Å². The van der Waals surface area contributed by atoms with Crippen molar-refractivity contribution in [2.45, 2.75) is 38.3 Å². The zero-order valence-corrected chi connectivity index (χ0v) is 15.2. The van der Waals surface area contributed by atoms with Crippen molar-refractivity contribution in [3.05, 3.63) is 60.6 Å². The first-order chi connectivity index (χ1) is 13.2. The molecule has 1 saturated carbocycles. The van der Waals surface area contributed by atoms with E-state index in [1.165, 1.54) is 0 Å². The molecule has 6 nitrogen and oxygen atoms in total. The number of aromatic nitrogens is 2. The summed E-state index contributed by atoms with van der Waals surface area (Å²) in [6.07, 6.45) is 7.60. The lowest BCUT2D eigenvalue weighted by molar-refractivity contribution is -0.117. The second-order valence-corrected chi connectivity index (χ2v) is 7.12. The van der Waals surface area contributed by atoms with Gasteiger partial charge in [0.1, 0.15) is 18.0 Å². The zero-order chi connectivity index (χ0) is 18.6. The molecule has 2 aromatic heterocycles. The summed E-state index contributed by atoms with van der Waals surface area (Å²) in [5, 5.41) is 2.94. The fraction of sp³-hybridized carbons (Fsp3) is 0.333. The Morgan fingerprint density at radius 1 is 1.22 bits per heavy atom. The number of anilines is 1. The minimum absolute atomic E-state index is 0.0238. The van der Waals surface area contributed by atoms with Gasteiger partial charge in [-0.25, -0.2) is 4.98 Å². The van der Waals surface area contributed by atoms with Crippen molar-refractivity contribution in [3.8, 4) is 5.75 Å². The van der Waals surface area contributed by atoms with Gasteiger partial charge in [0.15, 0.2) is 0 Å². The van der Waals surface area contributed by atoms with Gasteiger partial charge in [0, 0.05) is 30.5 Å². The molecule has 1 amide bonds. The minimum Gasteiger partial charge on any atom is -0.487 e. The van der Waals surface area contributed by atoms with Crippen LogP contribution in [0.4, 0.5) is 5.69 Å². The van der Waals surface area contributed by atoms with E-state index in [-0.39, 0.29) is 11.9 Å². The van der Waals surface area contributed by atoms with E-state index in [1.54, 1.807) is 0 Å². The van der Waals surface area contributed by atoms with Gasteiger partial charge >= 0.3 is 0 Å². The van der Waals surface area contributed by atoms with Gasteiger partial charge in [-0.05, 0) is 55.2 Å². The molecule has 4 rings (SSSR count). The largest absolute Gasteiger partial charge is 0.487 e. The maximum atomic E-state index is 12.2. The first-order valence-corrected chi connectivity index (χ1v) is 9.38. The molecule has 3 aromatic rings. The number of rotatable bonds is 6. The molecule has 0 spiro atoms. The lowest BCUT2D eigenvalue weighted by Crippen LogP contribution is -2.28. The van der Waals surface area contributed by atoms with Crippen LogP contribution in [0.3, 0.4) is 0 Å². The number of fused-ring (bicyclic) bond motifs is 1. The number of benzene rings is 1. The third kappa shape index (κ3) is 4.28. The lowest BCUT2D eigenvalue weighted by atomic mass is 10.00. The first-order valence-electron chi connectivity index (χ1n) is 9.38. The number of carbonyl (C=O) groups is 1. The number of ether oxygens (including phenoxy) is 1. The standard InChI is InChI=1S/C21H24N4O2/c22-19-5-3-4-15(19)12-21(26)24-16-7-9-18(10-8-16)27-14-17-13-25-11-2-1-6-20(25)23-17/h1-2,6-11,13,15,19H,3-5,12,14,22H2,(H,24,26)/t15-,19+/m0/s1. The average molecular weight is 364 g/mol. The Hall–Kier alpha value is -2.86. The molecular weight excluding hydrogens is 340 g/mol. The van der Waals surface area contributed by atoms with Crippen molar-refractivity contribution in [1.82, 2.24) is 9.38 Å². The van der Waals surface area contributed by atoms with Crippen LogP contribution >= 0.6 is 0 Å². The molecule has 0 radical (unpaired) electrons. The predicted molar refractivity (Wildman–Crippen MR) is 105 cm³/mol. The van der Waals surface area contributed by atoms with E-state index >= 15 is 0 Å². The Balaban J connectivity index is 1.30. The molecule has 1 aliphatic carbocycles. The van der Waals surface area contributed by atoms with Crippen molar-refractivity contribution < 1.29 is 9.53 Å². The van der Waals surface area contributed by atoms with E-state index in [4.69, 9.17) is 10.5 Å². The monoisotopic (exact) mass is 364 g/mol.